The van der Waals surface area contributed by atoms with E-state index >= 15 is 0 Å². The van der Waals surface area contributed by atoms with E-state index in [0.29, 0.717) is 11.5 Å². The fourth-order valence-electron chi connectivity index (χ4n) is 2.31. The van der Waals surface area contributed by atoms with Gasteiger partial charge in [0.25, 0.3) is 5.91 Å². The molecule has 27 heavy (non-hydrogen) atoms. The Labute approximate surface area is 155 Å². The molecule has 2 aromatic rings. The van der Waals surface area contributed by atoms with Crippen molar-refractivity contribution in [2.24, 2.45) is 0 Å². The SMILES string of the molecule is Cc1noc(C)c1COc1cccc(C(=O)NNC(=O)C(=O)NC2CC2)c1. The number of hydrogen-bond donors (Lipinski definition) is 3. The van der Waals surface area contributed by atoms with Crippen LogP contribution in [0.4, 0.5) is 0 Å². The van der Waals surface area contributed by atoms with Crippen molar-refractivity contribution in [2.75, 3.05) is 0 Å². The Hall–Kier alpha value is -3.36. The Kier molecular flexibility index (Phi) is 5.39. The zero-order valence-electron chi connectivity index (χ0n) is 15.0. The fraction of sp³-hybridized carbons (Fsp3) is 0.333. The summed E-state index contributed by atoms with van der Waals surface area (Å²) in [6.45, 7) is 3.87. The van der Waals surface area contributed by atoms with Crippen molar-refractivity contribution in [3.63, 3.8) is 0 Å². The van der Waals surface area contributed by atoms with Gasteiger partial charge in [0.1, 0.15) is 18.1 Å². The predicted molar refractivity (Wildman–Crippen MR) is 93.5 cm³/mol. The van der Waals surface area contributed by atoms with Crippen LogP contribution in [-0.2, 0) is 16.2 Å². The molecule has 3 amide bonds. The first-order chi connectivity index (χ1) is 12.9. The maximum Gasteiger partial charge on any atom is 0.327 e. The number of benzene rings is 1. The lowest BCUT2D eigenvalue weighted by Gasteiger charge is -2.09. The minimum atomic E-state index is -0.916. The van der Waals surface area contributed by atoms with E-state index in [1.807, 2.05) is 6.92 Å². The maximum atomic E-state index is 12.2. The van der Waals surface area contributed by atoms with Crippen molar-refractivity contribution in [1.82, 2.24) is 21.3 Å². The van der Waals surface area contributed by atoms with Gasteiger partial charge in [-0.15, -0.1) is 0 Å². The maximum absolute atomic E-state index is 12.2. The summed E-state index contributed by atoms with van der Waals surface area (Å²) in [5.41, 5.74) is 6.16. The Bertz CT molecular complexity index is 853. The number of nitrogens with zero attached hydrogens (tertiary/aromatic N) is 1. The molecular weight excluding hydrogens is 352 g/mol. The lowest BCUT2D eigenvalue weighted by Crippen LogP contribution is -2.48. The van der Waals surface area contributed by atoms with Gasteiger partial charge in [-0.1, -0.05) is 11.2 Å². The molecule has 1 aromatic carbocycles. The molecule has 0 saturated heterocycles. The summed E-state index contributed by atoms with van der Waals surface area (Å²) in [6, 6.07) is 6.51. The molecule has 142 valence electrons. The Morgan fingerprint density at radius 1 is 1.19 bits per heavy atom. The van der Waals surface area contributed by atoms with Crippen molar-refractivity contribution in [3.05, 3.63) is 46.8 Å². The fourth-order valence-corrected chi connectivity index (χ4v) is 2.31. The number of rotatable bonds is 5. The summed E-state index contributed by atoms with van der Waals surface area (Å²) in [5, 5.41) is 6.39. The molecule has 3 rings (SSSR count). The van der Waals surface area contributed by atoms with Crippen LogP contribution in [0, 0.1) is 13.8 Å². The summed E-state index contributed by atoms with van der Waals surface area (Å²) >= 11 is 0. The molecule has 0 bridgehead atoms. The van der Waals surface area contributed by atoms with Crippen LogP contribution in [0.15, 0.2) is 28.8 Å². The molecule has 0 spiro atoms. The second-order valence-corrected chi connectivity index (χ2v) is 6.28. The van der Waals surface area contributed by atoms with Gasteiger partial charge in [-0.25, -0.2) is 0 Å². The first-order valence-corrected chi connectivity index (χ1v) is 8.50. The molecule has 0 unspecified atom stereocenters. The molecule has 3 N–H and O–H groups in total. The normalized spacial score (nSPS) is 13.0. The molecule has 0 radical (unpaired) electrons. The molecule has 9 nitrogen and oxygen atoms in total. The highest BCUT2D eigenvalue weighted by Crippen LogP contribution is 2.19. The summed E-state index contributed by atoms with van der Waals surface area (Å²) in [4.78, 5) is 35.3. The van der Waals surface area contributed by atoms with Gasteiger partial charge in [-0.05, 0) is 44.9 Å². The van der Waals surface area contributed by atoms with Crippen LogP contribution in [-0.4, -0.2) is 28.9 Å². The highest BCUT2D eigenvalue weighted by molar-refractivity contribution is 6.35. The highest BCUT2D eigenvalue weighted by atomic mass is 16.5. The third-order valence-electron chi connectivity index (χ3n) is 4.07. The van der Waals surface area contributed by atoms with Gasteiger partial charge in [0.15, 0.2) is 0 Å². The smallest absolute Gasteiger partial charge is 0.327 e. The van der Waals surface area contributed by atoms with E-state index in [1.165, 1.54) is 6.07 Å². The molecule has 1 heterocycles. The topological polar surface area (TPSA) is 123 Å². The molecule has 1 saturated carbocycles. The van der Waals surface area contributed by atoms with E-state index < -0.39 is 17.7 Å². The van der Waals surface area contributed by atoms with E-state index in [-0.39, 0.29) is 18.2 Å². The molecule has 9 heteroatoms. The molecule has 0 aliphatic heterocycles. The van der Waals surface area contributed by atoms with Gasteiger partial charge >= 0.3 is 11.8 Å². The third-order valence-corrected chi connectivity index (χ3v) is 4.07. The third kappa shape index (κ3) is 4.84. The minimum absolute atomic E-state index is 0.0606. The number of amides is 3. The van der Waals surface area contributed by atoms with Gasteiger partial charge in [-0.2, -0.15) is 0 Å². The minimum Gasteiger partial charge on any atom is -0.489 e. The number of hydrazine groups is 1. The number of aromatic nitrogens is 1. The number of nitrogens with one attached hydrogen (secondary N) is 3. The van der Waals surface area contributed by atoms with Gasteiger partial charge in [-0.3, -0.25) is 25.2 Å². The van der Waals surface area contributed by atoms with Crippen molar-refractivity contribution >= 4 is 17.7 Å². The lowest BCUT2D eigenvalue weighted by molar-refractivity contribution is -0.139. The first-order valence-electron chi connectivity index (χ1n) is 8.50. The van der Waals surface area contributed by atoms with Crippen LogP contribution in [0.25, 0.3) is 0 Å². The number of ether oxygens (including phenoxy) is 1. The number of hydrogen-bond acceptors (Lipinski definition) is 6. The van der Waals surface area contributed by atoms with Gasteiger partial charge < -0.3 is 14.6 Å². The van der Waals surface area contributed by atoms with Crippen molar-refractivity contribution in [2.45, 2.75) is 39.3 Å². The van der Waals surface area contributed by atoms with E-state index in [1.54, 1.807) is 25.1 Å². The number of aryl methyl sites for hydroxylation is 2. The van der Waals surface area contributed by atoms with Crippen LogP contribution in [0.2, 0.25) is 0 Å². The number of carbonyl (C=O) groups excluding carboxylic acids is 3. The van der Waals surface area contributed by atoms with Crippen LogP contribution in [0.1, 0.15) is 40.2 Å². The van der Waals surface area contributed by atoms with Gasteiger partial charge in [0.2, 0.25) is 0 Å². The summed E-state index contributed by atoms with van der Waals surface area (Å²) in [7, 11) is 0. The Morgan fingerprint density at radius 2 is 1.96 bits per heavy atom. The van der Waals surface area contributed by atoms with Crippen molar-refractivity contribution in [3.8, 4) is 5.75 Å². The highest BCUT2D eigenvalue weighted by Gasteiger charge is 2.26. The summed E-state index contributed by atoms with van der Waals surface area (Å²) < 4.78 is 10.8. The monoisotopic (exact) mass is 372 g/mol. The van der Waals surface area contributed by atoms with E-state index in [2.05, 4.69) is 21.3 Å². The second-order valence-electron chi connectivity index (χ2n) is 6.28. The van der Waals surface area contributed by atoms with E-state index in [0.717, 1.165) is 24.1 Å². The summed E-state index contributed by atoms with van der Waals surface area (Å²) in [6.07, 6.45) is 1.73. The Morgan fingerprint density at radius 3 is 2.63 bits per heavy atom. The predicted octanol–water partition coefficient (Wildman–Crippen LogP) is 0.910. The molecule has 1 aliphatic carbocycles. The standard InChI is InChI=1S/C18H20N4O5/c1-10-15(11(2)27-22-10)9-26-14-5-3-4-12(8-14)16(23)20-21-18(25)17(24)19-13-6-7-13/h3-5,8,13H,6-7,9H2,1-2H3,(H,19,24)(H,20,23)(H,21,25). The van der Waals surface area contributed by atoms with Crippen LogP contribution >= 0.6 is 0 Å². The molecular formula is C18H20N4O5. The Balaban J connectivity index is 1.53. The number of carbonyl (C=O) groups is 3. The van der Waals surface area contributed by atoms with Crippen molar-refractivity contribution in [1.29, 1.82) is 0 Å². The van der Waals surface area contributed by atoms with E-state index in [9.17, 15) is 14.4 Å². The first kappa shape index (κ1) is 18.4. The lowest BCUT2D eigenvalue weighted by atomic mass is 10.2. The van der Waals surface area contributed by atoms with Crippen molar-refractivity contribution < 1.29 is 23.6 Å². The van der Waals surface area contributed by atoms with Crippen LogP contribution < -0.4 is 20.9 Å². The molecule has 1 fully saturated rings. The van der Waals surface area contributed by atoms with E-state index in [4.69, 9.17) is 9.26 Å². The molecule has 1 aromatic heterocycles. The van der Waals surface area contributed by atoms with Gasteiger partial charge in [0, 0.05) is 11.6 Å². The average Bonchev–Trinajstić information content (AvgIpc) is 3.42. The second kappa shape index (κ2) is 7.90. The zero-order chi connectivity index (χ0) is 19.4. The van der Waals surface area contributed by atoms with Gasteiger partial charge in [0.05, 0.1) is 11.3 Å². The van der Waals surface area contributed by atoms with Crippen LogP contribution in [0.3, 0.4) is 0 Å². The van der Waals surface area contributed by atoms with Crippen LogP contribution in [0.5, 0.6) is 5.75 Å². The summed E-state index contributed by atoms with van der Waals surface area (Å²) in [5.74, 6) is -1.10. The largest absolute Gasteiger partial charge is 0.489 e. The average molecular weight is 372 g/mol. The zero-order valence-corrected chi connectivity index (χ0v) is 15.0. The molecule has 0 atom stereocenters. The quantitative estimate of drug-likeness (QED) is 0.530. The molecule has 1 aliphatic rings.